The van der Waals surface area contributed by atoms with Gasteiger partial charge in [0, 0.05) is 11.7 Å². The first-order valence-corrected chi connectivity index (χ1v) is 9.12. The average molecular weight is 384 g/mol. The largest absolute Gasteiger partial charge is 0.369 e. The van der Waals surface area contributed by atoms with E-state index in [9.17, 15) is 9.59 Å². The molecule has 0 spiro atoms. The summed E-state index contributed by atoms with van der Waals surface area (Å²) in [5.74, 6) is -0.192. The number of aromatic nitrogens is 4. The van der Waals surface area contributed by atoms with Crippen LogP contribution in [0.2, 0.25) is 5.02 Å². The number of halogens is 1. The normalized spacial score (nSPS) is 16.2. The molecule has 0 aliphatic carbocycles. The Bertz CT molecular complexity index is 1060. The van der Waals surface area contributed by atoms with Crippen LogP contribution in [0.1, 0.15) is 18.9 Å². The molecule has 0 N–H and O–H groups in total. The molecule has 3 aromatic rings. The maximum atomic E-state index is 13.0. The second kappa shape index (κ2) is 7.00. The number of fused-ring (bicyclic) bond motifs is 1. The van der Waals surface area contributed by atoms with Crippen LogP contribution in [0.4, 0.5) is 5.69 Å². The molecule has 1 unspecified atom stereocenters. The number of rotatable bonds is 3. The van der Waals surface area contributed by atoms with Crippen LogP contribution >= 0.6 is 11.6 Å². The first kappa shape index (κ1) is 17.5. The SMILES string of the molecule is CC1CCc2ccccc2N1C(=O)Cn1nnn(-c2ccccc2Cl)c1=O. The van der Waals surface area contributed by atoms with E-state index in [2.05, 4.69) is 10.4 Å². The van der Waals surface area contributed by atoms with Crippen LogP contribution in [0.25, 0.3) is 5.69 Å². The molecule has 1 amide bonds. The number of nitrogens with zero attached hydrogens (tertiary/aromatic N) is 5. The fourth-order valence-electron chi connectivity index (χ4n) is 3.42. The second-order valence-corrected chi connectivity index (χ2v) is 6.97. The highest BCUT2D eigenvalue weighted by Gasteiger charge is 2.28. The number of benzene rings is 2. The summed E-state index contributed by atoms with van der Waals surface area (Å²) in [7, 11) is 0. The van der Waals surface area contributed by atoms with Crippen molar-refractivity contribution in [1.82, 2.24) is 19.8 Å². The van der Waals surface area contributed by atoms with Gasteiger partial charge in [-0.3, -0.25) is 4.79 Å². The summed E-state index contributed by atoms with van der Waals surface area (Å²) in [6.07, 6.45) is 1.81. The van der Waals surface area contributed by atoms with Crippen LogP contribution in [0.3, 0.4) is 0 Å². The molecule has 1 aliphatic heterocycles. The van der Waals surface area contributed by atoms with Gasteiger partial charge in [-0.2, -0.15) is 9.36 Å². The van der Waals surface area contributed by atoms with E-state index in [0.717, 1.165) is 33.5 Å². The van der Waals surface area contributed by atoms with Crippen molar-refractivity contribution in [2.45, 2.75) is 32.4 Å². The van der Waals surface area contributed by atoms with E-state index >= 15 is 0 Å². The van der Waals surface area contributed by atoms with Crippen molar-refractivity contribution in [1.29, 1.82) is 0 Å². The zero-order chi connectivity index (χ0) is 19.0. The maximum Gasteiger partial charge on any atom is 0.369 e. The first-order chi connectivity index (χ1) is 13.1. The molecule has 0 saturated heterocycles. The molecule has 0 fully saturated rings. The minimum Gasteiger partial charge on any atom is -0.308 e. The third-order valence-corrected chi connectivity index (χ3v) is 5.12. The van der Waals surface area contributed by atoms with Crippen LogP contribution in [-0.2, 0) is 17.8 Å². The average Bonchev–Trinajstić information content (AvgIpc) is 3.02. The molecule has 0 bridgehead atoms. The zero-order valence-electron chi connectivity index (χ0n) is 14.7. The van der Waals surface area contributed by atoms with Gasteiger partial charge in [-0.05, 0) is 54.0 Å². The number of tetrazole rings is 1. The van der Waals surface area contributed by atoms with Crippen LogP contribution in [0.15, 0.2) is 53.3 Å². The molecule has 2 heterocycles. The maximum absolute atomic E-state index is 13.0. The quantitative estimate of drug-likeness (QED) is 0.696. The Morgan fingerprint density at radius 2 is 1.81 bits per heavy atom. The van der Waals surface area contributed by atoms with Crippen LogP contribution in [-0.4, -0.2) is 31.7 Å². The fourth-order valence-corrected chi connectivity index (χ4v) is 3.64. The Hall–Kier alpha value is -2.93. The summed E-state index contributed by atoms with van der Waals surface area (Å²) >= 11 is 6.13. The Kier molecular flexibility index (Phi) is 4.53. The van der Waals surface area contributed by atoms with E-state index in [0.29, 0.717) is 10.7 Å². The monoisotopic (exact) mass is 383 g/mol. The van der Waals surface area contributed by atoms with E-state index in [1.165, 1.54) is 0 Å². The number of hydrogen-bond donors (Lipinski definition) is 0. The van der Waals surface area contributed by atoms with Crippen LogP contribution < -0.4 is 10.6 Å². The van der Waals surface area contributed by atoms with E-state index in [-0.39, 0.29) is 18.5 Å². The molecule has 0 saturated carbocycles. The lowest BCUT2D eigenvalue weighted by molar-refractivity contribution is -0.120. The second-order valence-electron chi connectivity index (χ2n) is 6.56. The molecule has 27 heavy (non-hydrogen) atoms. The highest BCUT2D eigenvalue weighted by Crippen LogP contribution is 2.30. The van der Waals surface area contributed by atoms with Gasteiger partial charge in [0.25, 0.3) is 0 Å². The van der Waals surface area contributed by atoms with Crippen molar-refractivity contribution >= 4 is 23.2 Å². The number of aryl methyl sites for hydroxylation is 1. The van der Waals surface area contributed by atoms with Gasteiger partial charge in [-0.25, -0.2) is 4.79 Å². The minimum absolute atomic E-state index is 0.0571. The molecule has 2 aromatic carbocycles. The summed E-state index contributed by atoms with van der Waals surface area (Å²) in [4.78, 5) is 27.4. The molecule has 0 radical (unpaired) electrons. The predicted molar refractivity (Wildman–Crippen MR) is 102 cm³/mol. The van der Waals surface area contributed by atoms with Gasteiger partial charge in [-0.15, -0.1) is 0 Å². The molecular formula is C19H18ClN5O2. The lowest BCUT2D eigenvalue weighted by Gasteiger charge is -2.35. The Labute approximate surface area is 160 Å². The van der Waals surface area contributed by atoms with Gasteiger partial charge < -0.3 is 4.90 Å². The molecule has 1 atom stereocenters. The van der Waals surface area contributed by atoms with Gasteiger partial charge in [0.15, 0.2) is 0 Å². The topological polar surface area (TPSA) is 73.0 Å². The van der Waals surface area contributed by atoms with Crippen LogP contribution in [0, 0.1) is 0 Å². The molecular weight excluding hydrogens is 366 g/mol. The third kappa shape index (κ3) is 3.14. The summed E-state index contributed by atoms with van der Waals surface area (Å²) in [6.45, 7) is 1.83. The Balaban J connectivity index is 1.63. The van der Waals surface area contributed by atoms with Crippen molar-refractivity contribution in [3.05, 3.63) is 69.6 Å². The van der Waals surface area contributed by atoms with Gasteiger partial charge >= 0.3 is 5.69 Å². The van der Waals surface area contributed by atoms with Crippen molar-refractivity contribution < 1.29 is 4.79 Å². The highest BCUT2D eigenvalue weighted by atomic mass is 35.5. The van der Waals surface area contributed by atoms with Crippen molar-refractivity contribution in [2.24, 2.45) is 0 Å². The minimum atomic E-state index is -0.505. The van der Waals surface area contributed by atoms with Crippen molar-refractivity contribution in [3.8, 4) is 5.69 Å². The Morgan fingerprint density at radius 3 is 2.59 bits per heavy atom. The summed E-state index contributed by atoms with van der Waals surface area (Å²) in [5.41, 5.74) is 1.96. The lowest BCUT2D eigenvalue weighted by atomic mass is 9.96. The van der Waals surface area contributed by atoms with E-state index in [1.807, 2.05) is 31.2 Å². The van der Waals surface area contributed by atoms with Crippen LogP contribution in [0.5, 0.6) is 0 Å². The molecule has 1 aromatic heterocycles. The fraction of sp³-hybridized carbons (Fsp3) is 0.263. The third-order valence-electron chi connectivity index (χ3n) is 4.80. The van der Waals surface area contributed by atoms with Gasteiger partial charge in [0.05, 0.1) is 10.7 Å². The van der Waals surface area contributed by atoms with Gasteiger partial charge in [0.2, 0.25) is 5.91 Å². The molecule has 138 valence electrons. The number of carbonyl (C=O) groups excluding carboxylic acids is 1. The summed E-state index contributed by atoms with van der Waals surface area (Å²) < 4.78 is 2.17. The zero-order valence-corrected chi connectivity index (χ0v) is 15.5. The van der Waals surface area contributed by atoms with E-state index < -0.39 is 5.69 Å². The Morgan fingerprint density at radius 1 is 1.11 bits per heavy atom. The smallest absolute Gasteiger partial charge is 0.308 e. The molecule has 7 nitrogen and oxygen atoms in total. The van der Waals surface area contributed by atoms with Gasteiger partial charge in [0.1, 0.15) is 6.54 Å². The molecule has 4 rings (SSSR count). The lowest BCUT2D eigenvalue weighted by Crippen LogP contribution is -2.45. The summed E-state index contributed by atoms with van der Waals surface area (Å²) in [5, 5.41) is 8.12. The highest BCUT2D eigenvalue weighted by molar-refractivity contribution is 6.32. The van der Waals surface area contributed by atoms with E-state index in [4.69, 9.17) is 11.6 Å². The summed E-state index contributed by atoms with van der Waals surface area (Å²) in [6, 6.07) is 14.8. The van der Waals surface area contributed by atoms with Crippen molar-refractivity contribution in [2.75, 3.05) is 4.90 Å². The number of carbonyl (C=O) groups is 1. The number of amides is 1. The first-order valence-electron chi connectivity index (χ1n) is 8.74. The van der Waals surface area contributed by atoms with E-state index in [1.54, 1.807) is 29.2 Å². The number of para-hydroxylation sites is 2. The number of hydrogen-bond acceptors (Lipinski definition) is 4. The van der Waals surface area contributed by atoms with Crippen molar-refractivity contribution in [3.63, 3.8) is 0 Å². The van der Waals surface area contributed by atoms with Gasteiger partial charge in [-0.1, -0.05) is 41.9 Å². The standard InChI is InChI=1S/C19H18ClN5O2/c1-13-10-11-14-6-2-4-8-16(14)24(13)18(26)12-23-19(27)25(22-21-23)17-9-5-3-7-15(17)20/h2-9,13H,10-12H2,1H3. The predicted octanol–water partition coefficient (Wildman–Crippen LogP) is 2.45. The number of anilines is 1. The molecule has 8 heteroatoms. The molecule has 1 aliphatic rings.